The molecular weight excluding hydrogens is 353 g/mol. The minimum Gasteiger partial charge on any atom is -0.374 e. The highest BCUT2D eigenvalue weighted by Gasteiger charge is 2.15. The number of halogens is 2. The van der Waals surface area contributed by atoms with Gasteiger partial charge in [0.15, 0.2) is 0 Å². The predicted octanol–water partition coefficient (Wildman–Crippen LogP) is 4.91. The maximum absolute atomic E-state index is 13.8. The fourth-order valence-corrected chi connectivity index (χ4v) is 3.23. The number of carbonyl (C=O) groups excluding carboxylic acids is 1. The van der Waals surface area contributed by atoms with Gasteiger partial charge < -0.3 is 15.5 Å². The third-order valence-corrected chi connectivity index (χ3v) is 4.79. The van der Waals surface area contributed by atoms with Gasteiger partial charge in [-0.15, -0.1) is 0 Å². The van der Waals surface area contributed by atoms with E-state index < -0.39 is 11.9 Å². The van der Waals surface area contributed by atoms with Crippen molar-refractivity contribution in [1.82, 2.24) is 0 Å². The maximum Gasteiger partial charge on any atom is 0.246 e. The van der Waals surface area contributed by atoms with Crippen LogP contribution in [0.2, 0.25) is 5.02 Å². The third kappa shape index (κ3) is 4.67. The maximum atomic E-state index is 13.8. The molecular formula is C20H23ClFN3O. The topological polar surface area (TPSA) is 44.4 Å². The zero-order chi connectivity index (χ0) is 18.5. The molecule has 4 nitrogen and oxygen atoms in total. The molecule has 0 radical (unpaired) electrons. The Morgan fingerprint density at radius 2 is 1.81 bits per heavy atom. The number of carbonyl (C=O) groups is 1. The Bertz CT molecular complexity index is 760. The number of nitrogens with one attached hydrogen (secondary N) is 2. The third-order valence-electron chi connectivity index (χ3n) is 4.55. The highest BCUT2D eigenvalue weighted by molar-refractivity contribution is 6.30. The molecule has 138 valence electrons. The number of piperidine rings is 1. The van der Waals surface area contributed by atoms with Crippen molar-refractivity contribution in [2.45, 2.75) is 32.2 Å². The second-order valence-electron chi connectivity index (χ2n) is 6.57. The summed E-state index contributed by atoms with van der Waals surface area (Å²) >= 11 is 5.72. The molecule has 0 spiro atoms. The molecule has 0 aliphatic carbocycles. The molecule has 1 aliphatic rings. The summed E-state index contributed by atoms with van der Waals surface area (Å²) < 4.78 is 13.8. The van der Waals surface area contributed by atoms with Crippen molar-refractivity contribution in [3.05, 3.63) is 53.3 Å². The minimum atomic E-state index is -0.552. The number of amides is 1. The molecule has 1 amide bonds. The Balaban J connectivity index is 1.58. The second-order valence-corrected chi connectivity index (χ2v) is 7.01. The molecule has 1 saturated heterocycles. The number of benzene rings is 2. The van der Waals surface area contributed by atoms with E-state index in [9.17, 15) is 9.18 Å². The molecule has 2 aromatic rings. The number of hydrogen-bond donors (Lipinski definition) is 2. The largest absolute Gasteiger partial charge is 0.374 e. The first-order chi connectivity index (χ1) is 12.5. The summed E-state index contributed by atoms with van der Waals surface area (Å²) in [6.07, 6.45) is 3.77. The zero-order valence-electron chi connectivity index (χ0n) is 14.8. The van der Waals surface area contributed by atoms with E-state index in [1.165, 1.54) is 43.1 Å². The molecule has 6 heteroatoms. The van der Waals surface area contributed by atoms with Crippen LogP contribution in [0.15, 0.2) is 42.5 Å². The molecule has 2 aromatic carbocycles. The molecule has 26 heavy (non-hydrogen) atoms. The molecule has 0 aromatic heterocycles. The van der Waals surface area contributed by atoms with Crippen molar-refractivity contribution >= 4 is 34.6 Å². The number of rotatable bonds is 5. The van der Waals surface area contributed by atoms with Crippen LogP contribution in [0.4, 0.5) is 21.5 Å². The van der Waals surface area contributed by atoms with E-state index in [0.717, 1.165) is 18.8 Å². The average molecular weight is 376 g/mol. The summed E-state index contributed by atoms with van der Waals surface area (Å²) in [6, 6.07) is 11.7. The van der Waals surface area contributed by atoms with Gasteiger partial charge in [0, 0.05) is 29.5 Å². The summed E-state index contributed by atoms with van der Waals surface area (Å²) in [5.41, 5.74) is 2.18. The van der Waals surface area contributed by atoms with Gasteiger partial charge in [-0.3, -0.25) is 4.79 Å². The Morgan fingerprint density at radius 1 is 1.12 bits per heavy atom. The van der Waals surface area contributed by atoms with Gasteiger partial charge in [-0.2, -0.15) is 0 Å². The van der Waals surface area contributed by atoms with Gasteiger partial charge in [0.1, 0.15) is 11.9 Å². The summed E-state index contributed by atoms with van der Waals surface area (Å²) in [7, 11) is 0. The molecule has 3 rings (SSSR count). The van der Waals surface area contributed by atoms with Crippen LogP contribution < -0.4 is 15.5 Å². The first-order valence-electron chi connectivity index (χ1n) is 8.90. The van der Waals surface area contributed by atoms with Gasteiger partial charge in [-0.1, -0.05) is 11.6 Å². The van der Waals surface area contributed by atoms with Crippen LogP contribution in [-0.4, -0.2) is 25.0 Å². The van der Waals surface area contributed by atoms with E-state index in [0.29, 0.717) is 5.02 Å². The molecule has 1 aliphatic heterocycles. The summed E-state index contributed by atoms with van der Waals surface area (Å²) in [6.45, 7) is 3.93. The van der Waals surface area contributed by atoms with Crippen molar-refractivity contribution in [3.8, 4) is 0 Å². The fourth-order valence-electron chi connectivity index (χ4n) is 3.07. The Labute approximate surface area is 158 Å². The van der Waals surface area contributed by atoms with Crippen LogP contribution in [0.3, 0.4) is 0 Å². The van der Waals surface area contributed by atoms with Crippen LogP contribution in [0.25, 0.3) is 0 Å². The van der Waals surface area contributed by atoms with E-state index in [1.807, 2.05) is 12.1 Å². The highest BCUT2D eigenvalue weighted by atomic mass is 35.5. The highest BCUT2D eigenvalue weighted by Crippen LogP contribution is 2.23. The van der Waals surface area contributed by atoms with Gasteiger partial charge in [-0.05, 0) is 68.7 Å². The first-order valence-corrected chi connectivity index (χ1v) is 9.28. The Morgan fingerprint density at radius 3 is 2.46 bits per heavy atom. The fraction of sp³-hybridized carbons (Fsp3) is 0.350. The summed E-state index contributed by atoms with van der Waals surface area (Å²) in [4.78, 5) is 14.7. The van der Waals surface area contributed by atoms with Crippen LogP contribution in [-0.2, 0) is 4.79 Å². The van der Waals surface area contributed by atoms with Crippen molar-refractivity contribution in [2.24, 2.45) is 0 Å². The predicted molar refractivity (Wildman–Crippen MR) is 106 cm³/mol. The van der Waals surface area contributed by atoms with Crippen LogP contribution in [0, 0.1) is 5.82 Å². The van der Waals surface area contributed by atoms with E-state index in [2.05, 4.69) is 27.7 Å². The van der Waals surface area contributed by atoms with E-state index in [-0.39, 0.29) is 11.6 Å². The van der Waals surface area contributed by atoms with Crippen LogP contribution >= 0.6 is 11.6 Å². The van der Waals surface area contributed by atoms with Crippen molar-refractivity contribution < 1.29 is 9.18 Å². The molecule has 2 N–H and O–H groups in total. The molecule has 0 unspecified atom stereocenters. The van der Waals surface area contributed by atoms with Crippen LogP contribution in [0.5, 0.6) is 0 Å². The number of nitrogens with zero attached hydrogens (tertiary/aromatic N) is 1. The standard InChI is InChI=1S/C20H23ClFN3O/c1-14(20(26)24-19-10-5-15(21)13-18(19)22)23-16-6-8-17(9-7-16)25-11-3-2-4-12-25/h5-10,13-14,23H,2-4,11-12H2,1H3,(H,24,26)/t14-/m0/s1. The van der Waals surface area contributed by atoms with Crippen molar-refractivity contribution in [1.29, 1.82) is 0 Å². The van der Waals surface area contributed by atoms with Gasteiger partial charge in [-0.25, -0.2) is 4.39 Å². The molecule has 1 heterocycles. The Kier molecular flexibility index (Phi) is 5.99. The summed E-state index contributed by atoms with van der Waals surface area (Å²) in [5.74, 6) is -0.865. The lowest BCUT2D eigenvalue weighted by Gasteiger charge is -2.29. The minimum absolute atomic E-state index is 0.119. The van der Waals surface area contributed by atoms with E-state index in [1.54, 1.807) is 6.92 Å². The van der Waals surface area contributed by atoms with Crippen molar-refractivity contribution in [2.75, 3.05) is 28.6 Å². The quantitative estimate of drug-likeness (QED) is 0.780. The zero-order valence-corrected chi connectivity index (χ0v) is 15.5. The first kappa shape index (κ1) is 18.5. The lowest BCUT2D eigenvalue weighted by Crippen LogP contribution is -2.32. The second kappa shape index (κ2) is 8.41. The van der Waals surface area contributed by atoms with E-state index in [4.69, 9.17) is 11.6 Å². The van der Waals surface area contributed by atoms with E-state index >= 15 is 0 Å². The van der Waals surface area contributed by atoms with Gasteiger partial charge in [0.05, 0.1) is 5.69 Å². The van der Waals surface area contributed by atoms with Gasteiger partial charge in [0.25, 0.3) is 0 Å². The lowest BCUT2D eigenvalue weighted by molar-refractivity contribution is -0.116. The number of anilines is 3. The molecule has 1 atom stereocenters. The lowest BCUT2D eigenvalue weighted by atomic mass is 10.1. The number of hydrogen-bond acceptors (Lipinski definition) is 3. The monoisotopic (exact) mass is 375 g/mol. The SMILES string of the molecule is C[C@H](Nc1ccc(N2CCCCC2)cc1)C(=O)Nc1ccc(Cl)cc1F. The van der Waals surface area contributed by atoms with Gasteiger partial charge >= 0.3 is 0 Å². The average Bonchev–Trinajstić information content (AvgIpc) is 2.65. The van der Waals surface area contributed by atoms with Crippen LogP contribution in [0.1, 0.15) is 26.2 Å². The smallest absolute Gasteiger partial charge is 0.246 e. The molecule has 0 saturated carbocycles. The normalized spacial score (nSPS) is 15.4. The van der Waals surface area contributed by atoms with Crippen molar-refractivity contribution in [3.63, 3.8) is 0 Å². The molecule has 0 bridgehead atoms. The Hall–Kier alpha value is -2.27. The van der Waals surface area contributed by atoms with Gasteiger partial charge in [0.2, 0.25) is 5.91 Å². The summed E-state index contributed by atoms with van der Waals surface area (Å²) in [5, 5.41) is 6.01. The molecule has 1 fully saturated rings.